The standard InChI is InChI=1S/C46H29N5S/c1-4-14-30(15-5-1)33-24-26-40-36(28-33)35-20-10-12-22-39(35)51(40)41-27-25-34(29-37(41)46-47-38-21-11-13-23-42(38)52-46)45-49-43(31-16-6-2-7-17-31)48-44(50-45)32-18-8-3-9-19-32/h1-29H. The highest BCUT2D eigenvalue weighted by molar-refractivity contribution is 7.21. The van der Waals surface area contributed by atoms with E-state index in [0.717, 1.165) is 54.2 Å². The van der Waals surface area contributed by atoms with E-state index in [4.69, 9.17) is 19.9 Å². The Morgan fingerprint density at radius 1 is 0.385 bits per heavy atom. The summed E-state index contributed by atoms with van der Waals surface area (Å²) in [6.45, 7) is 0. The molecule has 0 aliphatic carbocycles. The first-order valence-electron chi connectivity index (χ1n) is 17.2. The molecule has 0 amide bonds. The topological polar surface area (TPSA) is 56.5 Å². The minimum Gasteiger partial charge on any atom is -0.309 e. The van der Waals surface area contributed by atoms with Gasteiger partial charge in [-0.3, -0.25) is 0 Å². The van der Waals surface area contributed by atoms with E-state index in [1.165, 1.54) is 21.9 Å². The summed E-state index contributed by atoms with van der Waals surface area (Å²) in [5.41, 5.74) is 10.5. The lowest BCUT2D eigenvalue weighted by Crippen LogP contribution is -2.02. The second-order valence-electron chi connectivity index (χ2n) is 12.7. The van der Waals surface area contributed by atoms with Gasteiger partial charge in [-0.15, -0.1) is 11.3 Å². The van der Waals surface area contributed by atoms with Gasteiger partial charge in [0.05, 0.1) is 26.9 Å². The van der Waals surface area contributed by atoms with E-state index < -0.39 is 0 Å². The van der Waals surface area contributed by atoms with Crippen LogP contribution in [0.1, 0.15) is 0 Å². The molecule has 10 rings (SSSR count). The monoisotopic (exact) mass is 683 g/mol. The molecule has 244 valence electrons. The molecule has 0 fully saturated rings. The summed E-state index contributed by atoms with van der Waals surface area (Å²) in [4.78, 5) is 20.2. The van der Waals surface area contributed by atoms with Crippen molar-refractivity contribution in [1.29, 1.82) is 0 Å². The van der Waals surface area contributed by atoms with Gasteiger partial charge in [-0.25, -0.2) is 19.9 Å². The average Bonchev–Trinajstić information content (AvgIpc) is 3.81. The SMILES string of the molecule is c1ccc(-c2ccc3c(c2)c2ccccc2n3-c2ccc(-c3nc(-c4ccccc4)nc(-c4ccccc4)n3)cc2-c2nc3ccccc3s2)cc1. The van der Waals surface area contributed by atoms with E-state index in [0.29, 0.717) is 17.5 Å². The molecule has 6 heteroatoms. The number of rotatable bonds is 6. The summed E-state index contributed by atoms with van der Waals surface area (Å²) in [6, 6.07) is 61.1. The van der Waals surface area contributed by atoms with Crippen LogP contribution in [-0.2, 0) is 0 Å². The highest BCUT2D eigenvalue weighted by Crippen LogP contribution is 2.41. The smallest absolute Gasteiger partial charge is 0.164 e. The van der Waals surface area contributed by atoms with Crippen LogP contribution in [0.5, 0.6) is 0 Å². The number of aromatic nitrogens is 5. The van der Waals surface area contributed by atoms with Crippen molar-refractivity contribution in [2.75, 3.05) is 0 Å². The second-order valence-corrected chi connectivity index (χ2v) is 13.7. The van der Waals surface area contributed by atoms with E-state index in [-0.39, 0.29) is 0 Å². The zero-order valence-corrected chi connectivity index (χ0v) is 28.7. The van der Waals surface area contributed by atoms with E-state index in [9.17, 15) is 0 Å². The highest BCUT2D eigenvalue weighted by Gasteiger charge is 2.21. The van der Waals surface area contributed by atoms with Gasteiger partial charge in [0, 0.05) is 33.0 Å². The van der Waals surface area contributed by atoms with Crippen LogP contribution < -0.4 is 0 Å². The fourth-order valence-electron chi connectivity index (χ4n) is 7.01. The Kier molecular flexibility index (Phi) is 7.25. The van der Waals surface area contributed by atoms with Crippen molar-refractivity contribution in [3.05, 3.63) is 176 Å². The van der Waals surface area contributed by atoms with Crippen molar-refractivity contribution in [3.8, 4) is 61.5 Å². The molecule has 3 heterocycles. The van der Waals surface area contributed by atoms with E-state index >= 15 is 0 Å². The van der Waals surface area contributed by atoms with Gasteiger partial charge in [-0.2, -0.15) is 0 Å². The van der Waals surface area contributed by atoms with Crippen molar-refractivity contribution in [3.63, 3.8) is 0 Å². The molecule has 5 nitrogen and oxygen atoms in total. The summed E-state index contributed by atoms with van der Waals surface area (Å²) in [5, 5.41) is 3.34. The maximum Gasteiger partial charge on any atom is 0.164 e. The molecule has 0 bridgehead atoms. The number of nitrogens with zero attached hydrogens (tertiary/aromatic N) is 5. The quantitative estimate of drug-likeness (QED) is 0.175. The number of hydrogen-bond acceptors (Lipinski definition) is 5. The van der Waals surface area contributed by atoms with Gasteiger partial charge < -0.3 is 4.57 Å². The Bertz CT molecular complexity index is 2810. The molecule has 0 unspecified atom stereocenters. The van der Waals surface area contributed by atoms with Crippen LogP contribution in [-0.4, -0.2) is 24.5 Å². The molecule has 0 radical (unpaired) electrons. The average molecular weight is 684 g/mol. The molecule has 0 aliphatic heterocycles. The van der Waals surface area contributed by atoms with Gasteiger partial charge >= 0.3 is 0 Å². The Labute approximate surface area is 304 Å². The molecule has 52 heavy (non-hydrogen) atoms. The zero-order chi connectivity index (χ0) is 34.4. The molecular formula is C46H29N5S. The minimum absolute atomic E-state index is 0.608. The highest BCUT2D eigenvalue weighted by atomic mass is 32.1. The number of para-hydroxylation sites is 2. The van der Waals surface area contributed by atoms with Crippen LogP contribution in [0, 0.1) is 0 Å². The minimum atomic E-state index is 0.608. The third kappa shape index (κ3) is 5.25. The van der Waals surface area contributed by atoms with E-state index in [2.05, 4.69) is 114 Å². The Morgan fingerprint density at radius 3 is 1.63 bits per heavy atom. The fourth-order valence-corrected chi connectivity index (χ4v) is 8.00. The number of thiazole rings is 1. The van der Waals surface area contributed by atoms with Gasteiger partial charge in [0.25, 0.3) is 0 Å². The van der Waals surface area contributed by atoms with Gasteiger partial charge in [0.2, 0.25) is 0 Å². The third-order valence-electron chi connectivity index (χ3n) is 9.50. The second kappa shape index (κ2) is 12.5. The summed E-state index contributed by atoms with van der Waals surface area (Å²) < 4.78 is 3.52. The molecule has 7 aromatic carbocycles. The predicted octanol–water partition coefficient (Wildman–Crippen LogP) is 11.9. The molecule has 0 aliphatic rings. The normalized spacial score (nSPS) is 11.5. The largest absolute Gasteiger partial charge is 0.309 e. The van der Waals surface area contributed by atoms with Crippen molar-refractivity contribution in [2.24, 2.45) is 0 Å². The lowest BCUT2D eigenvalue weighted by molar-refractivity contribution is 1.07. The number of hydrogen-bond donors (Lipinski definition) is 0. The van der Waals surface area contributed by atoms with Crippen LogP contribution >= 0.6 is 11.3 Å². The summed E-state index contributed by atoms with van der Waals surface area (Å²) in [6.07, 6.45) is 0. The van der Waals surface area contributed by atoms with E-state index in [1.54, 1.807) is 11.3 Å². The Morgan fingerprint density at radius 2 is 0.942 bits per heavy atom. The first-order valence-corrected chi connectivity index (χ1v) is 18.0. The van der Waals surface area contributed by atoms with Crippen LogP contribution in [0.4, 0.5) is 0 Å². The lowest BCUT2D eigenvalue weighted by Gasteiger charge is -2.15. The van der Waals surface area contributed by atoms with E-state index in [1.807, 2.05) is 66.7 Å². The molecule has 10 aromatic rings. The third-order valence-corrected chi connectivity index (χ3v) is 10.6. The molecule has 0 N–H and O–H groups in total. The van der Waals surface area contributed by atoms with Crippen LogP contribution in [0.15, 0.2) is 176 Å². The lowest BCUT2D eigenvalue weighted by atomic mass is 10.0. The summed E-state index contributed by atoms with van der Waals surface area (Å²) >= 11 is 1.70. The molecule has 0 spiro atoms. The van der Waals surface area contributed by atoms with Crippen LogP contribution in [0.2, 0.25) is 0 Å². The van der Waals surface area contributed by atoms with Crippen LogP contribution in [0.25, 0.3) is 93.6 Å². The summed E-state index contributed by atoms with van der Waals surface area (Å²) in [7, 11) is 0. The maximum atomic E-state index is 5.18. The number of benzene rings is 7. The fraction of sp³-hybridized carbons (Fsp3) is 0. The number of fused-ring (bicyclic) bond motifs is 4. The van der Waals surface area contributed by atoms with Crippen LogP contribution in [0.3, 0.4) is 0 Å². The predicted molar refractivity (Wildman–Crippen MR) is 215 cm³/mol. The molecule has 0 saturated heterocycles. The molecular weight excluding hydrogens is 655 g/mol. The first kappa shape index (κ1) is 30.1. The molecule has 0 saturated carbocycles. The Hall–Kier alpha value is -6.76. The maximum absolute atomic E-state index is 5.18. The van der Waals surface area contributed by atoms with Gasteiger partial charge in [0.15, 0.2) is 17.5 Å². The Balaban J connectivity index is 1.22. The van der Waals surface area contributed by atoms with Gasteiger partial charge in [0.1, 0.15) is 5.01 Å². The summed E-state index contributed by atoms with van der Waals surface area (Å²) in [5.74, 6) is 1.87. The van der Waals surface area contributed by atoms with Crippen molar-refractivity contribution >= 4 is 43.4 Å². The molecule has 0 atom stereocenters. The van der Waals surface area contributed by atoms with Crippen molar-refractivity contribution in [2.45, 2.75) is 0 Å². The van der Waals surface area contributed by atoms with Crippen molar-refractivity contribution < 1.29 is 0 Å². The molecule has 3 aromatic heterocycles. The van der Waals surface area contributed by atoms with Gasteiger partial charge in [-0.1, -0.05) is 127 Å². The first-order chi connectivity index (χ1) is 25.8. The zero-order valence-electron chi connectivity index (χ0n) is 27.9. The van der Waals surface area contributed by atoms with Gasteiger partial charge in [-0.05, 0) is 59.7 Å². The van der Waals surface area contributed by atoms with Crippen molar-refractivity contribution in [1.82, 2.24) is 24.5 Å².